The van der Waals surface area contributed by atoms with Crippen LogP contribution in [0.5, 0.6) is 11.5 Å². The number of hydrogen-bond acceptors (Lipinski definition) is 12. The average molecular weight is 996 g/mol. The van der Waals surface area contributed by atoms with Crippen molar-refractivity contribution in [3.63, 3.8) is 0 Å². The van der Waals surface area contributed by atoms with Gasteiger partial charge in [-0.05, 0) is 94.8 Å². The number of rotatable bonds is 21. The maximum absolute atomic E-state index is 13.6. The minimum absolute atomic E-state index is 0.0229. The van der Waals surface area contributed by atoms with Gasteiger partial charge in [-0.2, -0.15) is 4.31 Å². The van der Waals surface area contributed by atoms with Crippen molar-refractivity contribution in [2.75, 3.05) is 89.8 Å². The molecule has 2 amide bonds. The Morgan fingerprint density at radius 3 is 2.01 bits per heavy atom. The molecule has 0 spiro atoms. The number of sulfonamides is 1. The first-order valence-electron chi connectivity index (χ1n) is 23.9. The number of nitrogens with zero attached hydrogens (tertiary/aromatic N) is 2. The van der Waals surface area contributed by atoms with Crippen molar-refractivity contribution in [2.45, 2.75) is 76.0 Å². The molecule has 1 saturated heterocycles. The Labute approximate surface area is 414 Å². The fourth-order valence-electron chi connectivity index (χ4n) is 8.65. The molecule has 380 valence electrons. The molecule has 7 rings (SSSR count). The normalized spacial score (nSPS) is 14.8. The number of para-hydroxylation sites is 1. The van der Waals surface area contributed by atoms with Gasteiger partial charge >= 0.3 is 5.97 Å². The molecule has 17 nitrogen and oxygen atoms in total. The van der Waals surface area contributed by atoms with Crippen LogP contribution in [0.4, 0.5) is 11.4 Å². The number of piperidine rings is 1. The summed E-state index contributed by atoms with van der Waals surface area (Å²) in [4.78, 5) is 54.9. The quantitative estimate of drug-likeness (QED) is 0.0530. The minimum Gasteiger partial charge on any atom is -0.491 e. The van der Waals surface area contributed by atoms with Crippen molar-refractivity contribution in [2.24, 2.45) is 0 Å². The number of aromatic amines is 1. The molecule has 0 radical (unpaired) electrons. The second-order valence-electron chi connectivity index (χ2n) is 19.6. The molecule has 2 aliphatic heterocycles. The third kappa shape index (κ3) is 13.2. The van der Waals surface area contributed by atoms with Crippen molar-refractivity contribution in [3.05, 3.63) is 123 Å². The zero-order chi connectivity index (χ0) is 50.9. The second kappa shape index (κ2) is 22.8. The van der Waals surface area contributed by atoms with Crippen LogP contribution in [0.15, 0.2) is 94.7 Å². The van der Waals surface area contributed by atoms with E-state index in [0.717, 1.165) is 21.6 Å². The minimum atomic E-state index is -3.80. The van der Waals surface area contributed by atoms with Gasteiger partial charge in [0.15, 0.2) is 0 Å². The number of benzene rings is 4. The van der Waals surface area contributed by atoms with E-state index in [2.05, 4.69) is 63.2 Å². The van der Waals surface area contributed by atoms with Crippen LogP contribution in [-0.4, -0.2) is 125 Å². The van der Waals surface area contributed by atoms with Gasteiger partial charge in [-0.25, -0.2) is 8.42 Å². The summed E-state index contributed by atoms with van der Waals surface area (Å²) < 4.78 is 57.9. The van der Waals surface area contributed by atoms with Gasteiger partial charge in [-0.15, -0.1) is 0 Å². The van der Waals surface area contributed by atoms with E-state index in [4.69, 9.17) is 28.8 Å². The molecule has 71 heavy (non-hydrogen) atoms. The summed E-state index contributed by atoms with van der Waals surface area (Å²) in [5, 5.41) is 15.5. The Hall–Kier alpha value is -6.31. The lowest BCUT2D eigenvalue weighted by molar-refractivity contribution is -0.137. The van der Waals surface area contributed by atoms with E-state index >= 15 is 0 Å². The average Bonchev–Trinajstić information content (AvgIpc) is 3.33. The highest BCUT2D eigenvalue weighted by Gasteiger charge is 2.33. The van der Waals surface area contributed by atoms with Crippen LogP contribution < -0.4 is 25.5 Å². The molecule has 3 heterocycles. The first kappa shape index (κ1) is 52.5. The number of fused-ring (bicyclic) bond motifs is 2. The summed E-state index contributed by atoms with van der Waals surface area (Å²) >= 11 is 0. The molecule has 4 N–H and O–H groups in total. The van der Waals surface area contributed by atoms with Gasteiger partial charge in [0.1, 0.15) is 36.8 Å². The lowest BCUT2D eigenvalue weighted by Gasteiger charge is -2.32. The van der Waals surface area contributed by atoms with Crippen molar-refractivity contribution in [1.29, 1.82) is 0 Å². The van der Waals surface area contributed by atoms with Crippen molar-refractivity contribution in [3.8, 4) is 11.5 Å². The Morgan fingerprint density at radius 1 is 0.761 bits per heavy atom. The number of anilines is 2. The number of H-pyrrole nitrogens is 1. The number of carboxylic acid groups (broad SMARTS) is 1. The maximum Gasteiger partial charge on any atom is 0.323 e. The van der Waals surface area contributed by atoms with E-state index in [9.17, 15) is 27.6 Å². The summed E-state index contributed by atoms with van der Waals surface area (Å²) in [7, 11) is -3.80. The monoisotopic (exact) mass is 995 g/mol. The van der Waals surface area contributed by atoms with Crippen molar-refractivity contribution in [1.82, 2.24) is 14.2 Å². The summed E-state index contributed by atoms with van der Waals surface area (Å²) in [6.07, 6.45) is 2.75. The van der Waals surface area contributed by atoms with Gasteiger partial charge in [0, 0.05) is 47.6 Å². The molecule has 4 aromatic carbocycles. The number of carboxylic acids is 1. The standard InChI is InChI=1S/C53H65N5O12S/c1-52(2,3)42-30-43(53(4,5)6)47(31-46(42)56-50(62)41-32-54-44-10-8-7-9-39(44)49(41)61)70-28-26-68-24-22-66-21-23-67-25-27-69-37-13-11-35(12-14-37)36-17-19-58(20-18-36)71(64,65)38-15-16-40-45(29-38)55-34-57(51(40)63)33-48(59)60/h7-16,29-32,36,55H,17-28,33-34H2,1-6H3,(H,54,61)(H,56,62)(H,59,60). The van der Waals surface area contributed by atoms with Gasteiger partial charge in [0.2, 0.25) is 15.5 Å². The Morgan fingerprint density at radius 2 is 1.38 bits per heavy atom. The Kier molecular flexibility index (Phi) is 16.9. The van der Waals surface area contributed by atoms with Crippen LogP contribution in [0, 0.1) is 0 Å². The van der Waals surface area contributed by atoms with Crippen LogP contribution in [-0.2, 0) is 39.9 Å². The van der Waals surface area contributed by atoms with E-state index in [0.29, 0.717) is 106 Å². The summed E-state index contributed by atoms with van der Waals surface area (Å²) in [6, 6.07) is 23.1. The largest absolute Gasteiger partial charge is 0.491 e. The van der Waals surface area contributed by atoms with Crippen molar-refractivity contribution < 1.29 is 51.6 Å². The number of ether oxygens (including phenoxy) is 5. The molecule has 0 atom stereocenters. The van der Waals surface area contributed by atoms with Gasteiger partial charge in [0.25, 0.3) is 11.8 Å². The van der Waals surface area contributed by atoms with E-state index in [1.54, 1.807) is 18.2 Å². The molecule has 1 aromatic heterocycles. The van der Waals surface area contributed by atoms with Crippen LogP contribution >= 0.6 is 0 Å². The predicted molar refractivity (Wildman–Crippen MR) is 271 cm³/mol. The highest BCUT2D eigenvalue weighted by atomic mass is 32.2. The zero-order valence-electron chi connectivity index (χ0n) is 41.3. The zero-order valence-corrected chi connectivity index (χ0v) is 42.1. The van der Waals surface area contributed by atoms with Crippen LogP contribution in [0.3, 0.4) is 0 Å². The summed E-state index contributed by atoms with van der Waals surface area (Å²) in [5.41, 5.74) is 3.92. The molecule has 0 bridgehead atoms. The highest BCUT2D eigenvalue weighted by molar-refractivity contribution is 7.89. The molecule has 0 unspecified atom stereocenters. The Bertz CT molecular complexity index is 2860. The molecular formula is C53H65N5O12S. The number of aromatic nitrogens is 1. The maximum atomic E-state index is 13.6. The smallest absolute Gasteiger partial charge is 0.323 e. The third-order valence-corrected chi connectivity index (χ3v) is 14.4. The van der Waals surface area contributed by atoms with Crippen LogP contribution in [0.1, 0.15) is 97.7 Å². The molecule has 0 saturated carbocycles. The molecule has 1 fully saturated rings. The number of nitrogens with one attached hydrogen (secondary N) is 3. The van der Waals surface area contributed by atoms with Crippen molar-refractivity contribution >= 4 is 50.1 Å². The Balaban J connectivity index is 0.775. The first-order valence-corrected chi connectivity index (χ1v) is 25.3. The molecular weight excluding hydrogens is 931 g/mol. The topological polar surface area (TPSA) is 215 Å². The molecule has 18 heteroatoms. The van der Waals surface area contributed by atoms with Crippen LogP contribution in [0.25, 0.3) is 10.9 Å². The fraction of sp³-hybridized carbons (Fsp3) is 0.434. The highest BCUT2D eigenvalue weighted by Crippen LogP contribution is 2.41. The fourth-order valence-corrected chi connectivity index (χ4v) is 10.1. The van der Waals surface area contributed by atoms with Gasteiger partial charge < -0.3 is 49.3 Å². The van der Waals surface area contributed by atoms with E-state index in [1.807, 2.05) is 36.4 Å². The molecule has 2 aliphatic rings. The van der Waals surface area contributed by atoms with E-state index in [-0.39, 0.29) is 51.5 Å². The second-order valence-corrected chi connectivity index (χ2v) is 21.6. The number of aliphatic carboxylic acids is 1. The van der Waals surface area contributed by atoms with E-state index in [1.165, 1.54) is 28.7 Å². The third-order valence-electron chi connectivity index (χ3n) is 12.5. The number of amides is 2. The number of hydrogen-bond donors (Lipinski definition) is 4. The van der Waals surface area contributed by atoms with Gasteiger partial charge in [0.05, 0.1) is 56.8 Å². The number of carbonyl (C=O) groups is 3. The predicted octanol–water partition coefficient (Wildman–Crippen LogP) is 7.36. The van der Waals surface area contributed by atoms with E-state index < -0.39 is 34.4 Å². The molecule has 5 aromatic rings. The lowest BCUT2D eigenvalue weighted by atomic mass is 9.79. The summed E-state index contributed by atoms with van der Waals surface area (Å²) in [6.45, 7) is 15.7. The SMILES string of the molecule is CC(C)(C)c1cc(C(C)(C)C)c(OCCOCCOCCOCCOc2ccc(C3CCN(S(=O)(=O)c4ccc5c(c4)NCN(CC(=O)O)C5=O)CC3)cc2)cc1NC(=O)c1c[nH]c2ccccc2c1=O. The number of pyridine rings is 1. The van der Waals surface area contributed by atoms with Crippen LogP contribution in [0.2, 0.25) is 0 Å². The lowest BCUT2D eigenvalue weighted by Crippen LogP contribution is -2.43. The molecule has 0 aliphatic carbocycles. The summed E-state index contributed by atoms with van der Waals surface area (Å²) in [5.74, 6) is -0.584. The number of carbonyl (C=O) groups excluding carboxylic acids is 2. The van der Waals surface area contributed by atoms with Gasteiger partial charge in [-0.3, -0.25) is 19.2 Å². The first-order chi connectivity index (χ1) is 33.8. The van der Waals surface area contributed by atoms with Gasteiger partial charge in [-0.1, -0.05) is 65.8 Å².